The zero-order valence-electron chi connectivity index (χ0n) is 15.0. The van der Waals surface area contributed by atoms with Crippen LogP contribution in [0.15, 0.2) is 41.9 Å². The van der Waals surface area contributed by atoms with E-state index in [0.717, 1.165) is 43.6 Å². The van der Waals surface area contributed by atoms with Gasteiger partial charge in [-0.3, -0.25) is 9.89 Å². The van der Waals surface area contributed by atoms with Crippen molar-refractivity contribution in [3.63, 3.8) is 0 Å². The van der Waals surface area contributed by atoms with Crippen molar-refractivity contribution in [1.82, 2.24) is 19.7 Å². The van der Waals surface area contributed by atoms with Crippen LogP contribution in [0.3, 0.4) is 0 Å². The fourth-order valence-corrected chi connectivity index (χ4v) is 4.50. The van der Waals surface area contributed by atoms with Crippen LogP contribution in [0.5, 0.6) is 0 Å². The van der Waals surface area contributed by atoms with E-state index in [1.165, 1.54) is 11.3 Å². The second kappa shape index (κ2) is 7.50. The van der Waals surface area contributed by atoms with Crippen LogP contribution in [0, 0.1) is 0 Å². The van der Waals surface area contributed by atoms with Gasteiger partial charge in [0.2, 0.25) is 0 Å². The van der Waals surface area contributed by atoms with Crippen molar-refractivity contribution in [1.29, 1.82) is 0 Å². The lowest BCUT2D eigenvalue weighted by Gasteiger charge is -2.35. The molecule has 6 heteroatoms. The third-order valence-electron chi connectivity index (χ3n) is 5.21. The van der Waals surface area contributed by atoms with E-state index in [4.69, 9.17) is 0 Å². The average molecular weight is 369 g/mol. The van der Waals surface area contributed by atoms with Gasteiger partial charge < -0.3 is 9.47 Å². The molecule has 0 aliphatic carbocycles. The highest BCUT2D eigenvalue weighted by Gasteiger charge is 2.28. The Morgan fingerprint density at radius 3 is 3.04 bits per heavy atom. The average Bonchev–Trinajstić information content (AvgIpc) is 3.41. The first-order valence-electron chi connectivity index (χ1n) is 9.23. The molecule has 4 rings (SSSR count). The molecule has 0 bridgehead atoms. The fraction of sp³-hybridized carbons (Fsp3) is 0.400. The van der Waals surface area contributed by atoms with Crippen molar-refractivity contribution in [2.24, 2.45) is 7.05 Å². The summed E-state index contributed by atoms with van der Waals surface area (Å²) >= 11 is 1.80. The monoisotopic (exact) mass is 368 g/mol. The predicted octanol–water partition coefficient (Wildman–Crippen LogP) is 4.10. The summed E-state index contributed by atoms with van der Waals surface area (Å²) in [4.78, 5) is 16.5. The molecule has 1 saturated heterocycles. The van der Waals surface area contributed by atoms with Crippen LogP contribution in [0.4, 0.5) is 0 Å². The molecule has 5 nitrogen and oxygen atoms in total. The molecule has 3 aromatic heterocycles. The van der Waals surface area contributed by atoms with E-state index in [9.17, 15) is 4.79 Å². The molecule has 0 saturated carbocycles. The molecule has 26 heavy (non-hydrogen) atoms. The normalized spacial score (nSPS) is 17.6. The topological polar surface area (TPSA) is 53.9 Å². The Labute approximate surface area is 157 Å². The molecular weight excluding hydrogens is 344 g/mol. The first kappa shape index (κ1) is 17.1. The van der Waals surface area contributed by atoms with Gasteiger partial charge >= 0.3 is 0 Å². The maximum atomic E-state index is 13.1. The lowest BCUT2D eigenvalue weighted by molar-refractivity contribution is 0.0596. The summed E-state index contributed by atoms with van der Waals surface area (Å²) in [7, 11) is 1.98. The molecule has 1 fully saturated rings. The van der Waals surface area contributed by atoms with E-state index in [-0.39, 0.29) is 5.91 Å². The number of H-pyrrole nitrogens is 1. The minimum atomic E-state index is 0.0776. The maximum Gasteiger partial charge on any atom is 0.272 e. The summed E-state index contributed by atoms with van der Waals surface area (Å²) in [6, 6.07) is 10.5. The van der Waals surface area contributed by atoms with Gasteiger partial charge in [-0.15, -0.1) is 11.3 Å². The van der Waals surface area contributed by atoms with Crippen molar-refractivity contribution in [2.75, 3.05) is 6.54 Å². The van der Waals surface area contributed by atoms with E-state index >= 15 is 0 Å². The van der Waals surface area contributed by atoms with Crippen molar-refractivity contribution in [3.05, 3.63) is 52.5 Å². The van der Waals surface area contributed by atoms with Gasteiger partial charge in [0.25, 0.3) is 5.91 Å². The molecular formula is C20H24N4OS. The van der Waals surface area contributed by atoms with Gasteiger partial charge in [0.15, 0.2) is 0 Å². The van der Waals surface area contributed by atoms with Crippen molar-refractivity contribution < 1.29 is 4.79 Å². The summed E-state index contributed by atoms with van der Waals surface area (Å²) in [6.45, 7) is 0.840. The third kappa shape index (κ3) is 3.46. The van der Waals surface area contributed by atoms with E-state index in [0.29, 0.717) is 11.7 Å². The number of aromatic nitrogens is 3. The molecule has 1 aliphatic heterocycles. The van der Waals surface area contributed by atoms with Crippen LogP contribution in [-0.2, 0) is 13.5 Å². The maximum absolute atomic E-state index is 13.1. The number of nitrogens with one attached hydrogen (secondary N) is 1. The summed E-state index contributed by atoms with van der Waals surface area (Å²) in [5.74, 6) is 0.0776. The standard InChI is InChI=1S/C20H24N4OS/c1-23-11-4-8-19(23)17-14-18(22-21-17)20(25)24-12-3-2-6-15(24)9-10-16-7-5-13-26-16/h4-5,7-8,11,13-15H,2-3,6,9-10,12H2,1H3,(H,21,22)/t15-/m1/s1. The Balaban J connectivity index is 1.48. The molecule has 1 atom stereocenters. The molecule has 1 N–H and O–H groups in total. The van der Waals surface area contributed by atoms with E-state index in [2.05, 4.69) is 32.6 Å². The minimum absolute atomic E-state index is 0.0776. The lowest BCUT2D eigenvalue weighted by Crippen LogP contribution is -2.44. The van der Waals surface area contributed by atoms with Gasteiger partial charge in [0, 0.05) is 30.7 Å². The van der Waals surface area contributed by atoms with Crippen molar-refractivity contribution in [3.8, 4) is 11.4 Å². The quantitative estimate of drug-likeness (QED) is 0.737. The summed E-state index contributed by atoms with van der Waals surface area (Å²) in [6.07, 6.45) is 7.44. The summed E-state index contributed by atoms with van der Waals surface area (Å²) < 4.78 is 2.01. The molecule has 1 amide bonds. The lowest BCUT2D eigenvalue weighted by atomic mass is 9.97. The second-order valence-corrected chi connectivity index (χ2v) is 7.97. The fourth-order valence-electron chi connectivity index (χ4n) is 3.78. The highest BCUT2D eigenvalue weighted by atomic mass is 32.1. The Morgan fingerprint density at radius 2 is 2.27 bits per heavy atom. The molecule has 3 aromatic rings. The smallest absolute Gasteiger partial charge is 0.272 e. The van der Waals surface area contributed by atoms with Gasteiger partial charge in [0.05, 0.1) is 5.69 Å². The van der Waals surface area contributed by atoms with E-state index in [1.54, 1.807) is 11.3 Å². The number of nitrogens with zero attached hydrogens (tertiary/aromatic N) is 3. The van der Waals surface area contributed by atoms with Crippen molar-refractivity contribution in [2.45, 2.75) is 38.1 Å². The van der Waals surface area contributed by atoms with Crippen LogP contribution in [-0.4, -0.2) is 38.2 Å². The number of piperidine rings is 1. The number of thiophene rings is 1. The summed E-state index contributed by atoms with van der Waals surface area (Å²) in [5.41, 5.74) is 2.41. The van der Waals surface area contributed by atoms with Gasteiger partial charge in [0.1, 0.15) is 11.4 Å². The number of rotatable bonds is 5. The first-order valence-corrected chi connectivity index (χ1v) is 10.1. The van der Waals surface area contributed by atoms with Gasteiger partial charge in [-0.05, 0) is 61.7 Å². The van der Waals surface area contributed by atoms with Gasteiger partial charge in [-0.2, -0.15) is 5.10 Å². The molecule has 0 aromatic carbocycles. The van der Waals surface area contributed by atoms with Crippen LogP contribution in [0.25, 0.3) is 11.4 Å². The second-order valence-electron chi connectivity index (χ2n) is 6.94. The molecule has 4 heterocycles. The highest BCUT2D eigenvalue weighted by Crippen LogP contribution is 2.25. The number of hydrogen-bond donors (Lipinski definition) is 1. The van der Waals surface area contributed by atoms with Crippen LogP contribution < -0.4 is 0 Å². The Hall–Kier alpha value is -2.34. The Kier molecular flexibility index (Phi) is 4.93. The minimum Gasteiger partial charge on any atom is -0.349 e. The van der Waals surface area contributed by atoms with Gasteiger partial charge in [-0.25, -0.2) is 0 Å². The molecule has 1 aliphatic rings. The summed E-state index contributed by atoms with van der Waals surface area (Å²) in [5, 5.41) is 9.43. The van der Waals surface area contributed by atoms with Crippen LogP contribution in [0.2, 0.25) is 0 Å². The SMILES string of the molecule is Cn1cccc1-c1cc(C(=O)N2CCCC[C@@H]2CCc2cccs2)[nH]n1. The first-order chi connectivity index (χ1) is 12.7. The number of aromatic amines is 1. The zero-order chi connectivity index (χ0) is 17.9. The molecule has 0 spiro atoms. The molecule has 0 unspecified atom stereocenters. The largest absolute Gasteiger partial charge is 0.349 e. The highest BCUT2D eigenvalue weighted by molar-refractivity contribution is 7.09. The number of hydrogen-bond acceptors (Lipinski definition) is 3. The number of amides is 1. The van der Waals surface area contributed by atoms with Crippen LogP contribution in [0.1, 0.15) is 41.0 Å². The number of aryl methyl sites for hydroxylation is 2. The third-order valence-corrected chi connectivity index (χ3v) is 6.14. The molecule has 0 radical (unpaired) electrons. The van der Waals surface area contributed by atoms with Gasteiger partial charge in [-0.1, -0.05) is 6.07 Å². The number of likely N-dealkylation sites (tertiary alicyclic amines) is 1. The Bertz CT molecular complexity index is 864. The predicted molar refractivity (Wildman–Crippen MR) is 104 cm³/mol. The van der Waals surface area contributed by atoms with E-state index < -0.39 is 0 Å². The Morgan fingerprint density at radius 1 is 1.35 bits per heavy atom. The molecule has 136 valence electrons. The zero-order valence-corrected chi connectivity index (χ0v) is 15.8. The number of carbonyl (C=O) groups is 1. The van der Waals surface area contributed by atoms with Crippen LogP contribution >= 0.6 is 11.3 Å². The van der Waals surface area contributed by atoms with Crippen molar-refractivity contribution >= 4 is 17.2 Å². The number of carbonyl (C=O) groups excluding carboxylic acids is 1. The van der Waals surface area contributed by atoms with E-state index in [1.807, 2.05) is 36.0 Å².